The van der Waals surface area contributed by atoms with E-state index in [4.69, 9.17) is 9.47 Å². The lowest BCUT2D eigenvalue weighted by molar-refractivity contribution is 0.215. The van der Waals surface area contributed by atoms with Crippen molar-refractivity contribution in [1.82, 2.24) is 5.32 Å². The normalized spacial score (nSPS) is 10.9. The summed E-state index contributed by atoms with van der Waals surface area (Å²) in [6.07, 6.45) is 0. The highest BCUT2D eigenvalue weighted by Crippen LogP contribution is 2.27. The Labute approximate surface area is 146 Å². The van der Waals surface area contributed by atoms with Crippen molar-refractivity contribution in [1.29, 1.82) is 0 Å². The molecule has 0 bridgehead atoms. The molecular formula is C21H29NO2. The Morgan fingerprint density at radius 3 is 2.54 bits per heavy atom. The summed E-state index contributed by atoms with van der Waals surface area (Å²) in [5, 5.41) is 3.32. The van der Waals surface area contributed by atoms with Crippen molar-refractivity contribution in [3.05, 3.63) is 59.2 Å². The Hall–Kier alpha value is -2.00. The smallest absolute Gasteiger partial charge is 0.123 e. The molecule has 0 aliphatic rings. The first kappa shape index (κ1) is 18.3. The average molecular weight is 327 g/mol. The van der Waals surface area contributed by atoms with Crippen molar-refractivity contribution in [3.63, 3.8) is 0 Å². The first-order valence-corrected chi connectivity index (χ1v) is 8.76. The van der Waals surface area contributed by atoms with Crippen molar-refractivity contribution in [3.8, 4) is 11.5 Å². The monoisotopic (exact) mass is 327 g/mol. The van der Waals surface area contributed by atoms with Gasteiger partial charge in [0.15, 0.2) is 0 Å². The predicted octanol–water partition coefficient (Wildman–Crippen LogP) is 4.69. The van der Waals surface area contributed by atoms with E-state index in [9.17, 15) is 0 Å². The molecule has 3 nitrogen and oxygen atoms in total. The van der Waals surface area contributed by atoms with Crippen LogP contribution in [0.5, 0.6) is 11.5 Å². The van der Waals surface area contributed by atoms with E-state index in [-0.39, 0.29) is 0 Å². The molecule has 2 aromatic rings. The van der Waals surface area contributed by atoms with Crippen LogP contribution >= 0.6 is 0 Å². The van der Waals surface area contributed by atoms with E-state index < -0.39 is 0 Å². The van der Waals surface area contributed by atoms with E-state index >= 15 is 0 Å². The maximum Gasteiger partial charge on any atom is 0.123 e. The number of nitrogens with one attached hydrogen (secondary N) is 1. The van der Waals surface area contributed by atoms with Gasteiger partial charge in [-0.1, -0.05) is 45.0 Å². The van der Waals surface area contributed by atoms with Crippen LogP contribution in [0.3, 0.4) is 0 Å². The van der Waals surface area contributed by atoms with Gasteiger partial charge in [-0.3, -0.25) is 0 Å². The first-order valence-electron chi connectivity index (χ1n) is 8.76. The molecule has 0 spiro atoms. The quantitative estimate of drug-likeness (QED) is 0.678. The van der Waals surface area contributed by atoms with Gasteiger partial charge in [0, 0.05) is 6.54 Å². The largest absolute Gasteiger partial charge is 0.490 e. The Kier molecular flexibility index (Phi) is 7.13. The van der Waals surface area contributed by atoms with Gasteiger partial charge in [0.2, 0.25) is 0 Å². The van der Waals surface area contributed by atoms with Gasteiger partial charge in [-0.15, -0.1) is 0 Å². The fourth-order valence-corrected chi connectivity index (χ4v) is 2.57. The summed E-state index contributed by atoms with van der Waals surface area (Å²) in [4.78, 5) is 0. The Balaban J connectivity index is 1.86. The zero-order chi connectivity index (χ0) is 17.4. The molecule has 0 saturated heterocycles. The fourth-order valence-electron chi connectivity index (χ4n) is 2.57. The third kappa shape index (κ3) is 5.57. The van der Waals surface area contributed by atoms with Gasteiger partial charge < -0.3 is 14.8 Å². The van der Waals surface area contributed by atoms with Gasteiger partial charge in [-0.25, -0.2) is 0 Å². The molecule has 0 unspecified atom stereocenters. The van der Waals surface area contributed by atoms with Crippen molar-refractivity contribution >= 4 is 0 Å². The molecule has 24 heavy (non-hydrogen) atoms. The second-order valence-electron chi connectivity index (χ2n) is 6.32. The topological polar surface area (TPSA) is 30.5 Å². The van der Waals surface area contributed by atoms with E-state index in [0.717, 1.165) is 24.6 Å². The van der Waals surface area contributed by atoms with Crippen LogP contribution in [0.25, 0.3) is 0 Å². The molecule has 0 aliphatic heterocycles. The lowest BCUT2D eigenvalue weighted by Gasteiger charge is -2.15. The zero-order valence-electron chi connectivity index (χ0n) is 15.3. The van der Waals surface area contributed by atoms with E-state index in [0.29, 0.717) is 19.1 Å². The van der Waals surface area contributed by atoms with E-state index in [1.54, 1.807) is 0 Å². The highest BCUT2D eigenvalue weighted by Gasteiger charge is 2.08. The summed E-state index contributed by atoms with van der Waals surface area (Å²) < 4.78 is 11.8. The maximum atomic E-state index is 5.96. The van der Waals surface area contributed by atoms with E-state index in [1.807, 2.05) is 12.1 Å². The Bertz CT molecular complexity index is 637. The van der Waals surface area contributed by atoms with Crippen LogP contribution in [0.1, 0.15) is 43.4 Å². The first-order chi connectivity index (χ1) is 11.6. The van der Waals surface area contributed by atoms with Crippen LogP contribution in [-0.2, 0) is 6.54 Å². The summed E-state index contributed by atoms with van der Waals surface area (Å²) in [5.41, 5.74) is 3.69. The predicted molar refractivity (Wildman–Crippen MR) is 100 cm³/mol. The number of ether oxygens (including phenoxy) is 2. The second kappa shape index (κ2) is 9.33. The fraction of sp³-hybridized carbons (Fsp3) is 0.429. The van der Waals surface area contributed by atoms with Crippen molar-refractivity contribution in [2.24, 2.45) is 0 Å². The molecule has 0 radical (unpaired) electrons. The molecular weight excluding hydrogens is 298 g/mol. The number of hydrogen-bond donors (Lipinski definition) is 1. The van der Waals surface area contributed by atoms with Gasteiger partial charge in [-0.2, -0.15) is 0 Å². The van der Waals surface area contributed by atoms with E-state index in [2.05, 4.69) is 63.3 Å². The SMILES string of the molecule is CCNCc1cccc(OCCOc2cc(C)ccc2C(C)C)c1. The van der Waals surface area contributed by atoms with Crippen LogP contribution in [0.15, 0.2) is 42.5 Å². The molecule has 2 rings (SSSR count). The van der Waals surface area contributed by atoms with Crippen LogP contribution in [-0.4, -0.2) is 19.8 Å². The highest BCUT2D eigenvalue weighted by molar-refractivity contribution is 5.39. The van der Waals surface area contributed by atoms with Gasteiger partial charge in [0.25, 0.3) is 0 Å². The number of rotatable bonds is 9. The van der Waals surface area contributed by atoms with Crippen LogP contribution < -0.4 is 14.8 Å². The molecule has 0 amide bonds. The van der Waals surface area contributed by atoms with Crippen molar-refractivity contribution in [2.45, 2.75) is 40.2 Å². The molecule has 0 heterocycles. The molecule has 3 heteroatoms. The lowest BCUT2D eigenvalue weighted by Crippen LogP contribution is -2.12. The minimum atomic E-state index is 0.448. The minimum Gasteiger partial charge on any atom is -0.490 e. The minimum absolute atomic E-state index is 0.448. The van der Waals surface area contributed by atoms with Gasteiger partial charge in [0.05, 0.1) is 0 Å². The molecule has 0 atom stereocenters. The second-order valence-corrected chi connectivity index (χ2v) is 6.32. The lowest BCUT2D eigenvalue weighted by atomic mass is 10.0. The molecule has 1 N–H and O–H groups in total. The highest BCUT2D eigenvalue weighted by atomic mass is 16.5. The average Bonchev–Trinajstić information content (AvgIpc) is 2.57. The Morgan fingerprint density at radius 1 is 1.00 bits per heavy atom. The van der Waals surface area contributed by atoms with Crippen LogP contribution in [0.4, 0.5) is 0 Å². The number of benzene rings is 2. The summed E-state index contributed by atoms with van der Waals surface area (Å²) in [6, 6.07) is 14.6. The molecule has 0 aliphatic carbocycles. The van der Waals surface area contributed by atoms with Crippen molar-refractivity contribution in [2.75, 3.05) is 19.8 Å². The van der Waals surface area contributed by atoms with Gasteiger partial charge in [0.1, 0.15) is 24.7 Å². The maximum absolute atomic E-state index is 5.96. The van der Waals surface area contributed by atoms with Crippen molar-refractivity contribution < 1.29 is 9.47 Å². The summed E-state index contributed by atoms with van der Waals surface area (Å²) >= 11 is 0. The standard InChI is InChI=1S/C21H29NO2/c1-5-22-15-18-7-6-8-19(14-18)23-11-12-24-21-13-17(4)9-10-20(21)16(2)3/h6-10,13-14,16,22H,5,11-12,15H2,1-4H3. The molecule has 0 saturated carbocycles. The van der Waals surface area contributed by atoms with E-state index in [1.165, 1.54) is 16.7 Å². The number of aryl methyl sites for hydroxylation is 1. The molecule has 130 valence electrons. The third-order valence-corrected chi connectivity index (χ3v) is 3.88. The summed E-state index contributed by atoms with van der Waals surface area (Å²) in [7, 11) is 0. The zero-order valence-corrected chi connectivity index (χ0v) is 15.3. The molecule has 0 aromatic heterocycles. The molecule has 2 aromatic carbocycles. The summed E-state index contributed by atoms with van der Waals surface area (Å²) in [5.74, 6) is 2.31. The van der Waals surface area contributed by atoms with Crippen LogP contribution in [0, 0.1) is 6.92 Å². The summed E-state index contributed by atoms with van der Waals surface area (Å²) in [6.45, 7) is 11.5. The van der Waals surface area contributed by atoms with Gasteiger partial charge in [-0.05, 0) is 54.3 Å². The third-order valence-electron chi connectivity index (χ3n) is 3.88. The van der Waals surface area contributed by atoms with Crippen LogP contribution in [0.2, 0.25) is 0 Å². The Morgan fingerprint density at radius 2 is 1.79 bits per heavy atom. The number of hydrogen-bond acceptors (Lipinski definition) is 3. The van der Waals surface area contributed by atoms with Gasteiger partial charge >= 0.3 is 0 Å². The molecule has 0 fully saturated rings.